The second kappa shape index (κ2) is 11.0. The number of para-hydroxylation sites is 1. The highest BCUT2D eigenvalue weighted by Crippen LogP contribution is 2.30. The summed E-state index contributed by atoms with van der Waals surface area (Å²) in [4.78, 5) is 18.2. The highest BCUT2D eigenvalue weighted by molar-refractivity contribution is 7.99. The average molecular weight is 479 g/mol. The van der Waals surface area contributed by atoms with Gasteiger partial charge in [-0.05, 0) is 55.5 Å². The normalized spacial score (nSPS) is 10.8. The Morgan fingerprint density at radius 2 is 1.59 bits per heavy atom. The quantitative estimate of drug-likeness (QED) is 0.181. The first-order valence-electron chi connectivity index (χ1n) is 10.9. The van der Waals surface area contributed by atoms with Crippen LogP contribution in [-0.4, -0.2) is 42.7 Å². The van der Waals surface area contributed by atoms with E-state index in [0.29, 0.717) is 52.2 Å². The minimum atomic E-state index is -0.146. The van der Waals surface area contributed by atoms with Gasteiger partial charge in [0.05, 0.1) is 44.0 Å². The lowest BCUT2D eigenvalue weighted by Crippen LogP contribution is -2.22. The molecule has 0 saturated heterocycles. The predicted molar refractivity (Wildman–Crippen MR) is 134 cm³/mol. The van der Waals surface area contributed by atoms with Crippen molar-refractivity contribution in [3.8, 4) is 28.7 Å². The van der Waals surface area contributed by atoms with Crippen LogP contribution in [0.25, 0.3) is 16.6 Å². The third-order valence-corrected chi connectivity index (χ3v) is 5.99. The topological polar surface area (TPSA) is 71.8 Å². The molecular formula is C26H26N2O5S. The highest BCUT2D eigenvalue weighted by Gasteiger charge is 2.15. The molecule has 0 unspecified atom stereocenters. The molecule has 0 fully saturated rings. The summed E-state index contributed by atoms with van der Waals surface area (Å²) in [6.07, 6.45) is 0. The maximum atomic E-state index is 13.4. The maximum Gasteiger partial charge on any atom is 0.266 e. The third-order valence-electron chi connectivity index (χ3n) is 5.09. The molecule has 7 nitrogen and oxygen atoms in total. The number of ether oxygens (including phenoxy) is 4. The SMILES string of the molecule is CCOc1ccc(OCCSc2nc3ccccc3c(=O)n2-c2ccc(OC)c(OC)c2)cc1. The number of rotatable bonds is 10. The summed E-state index contributed by atoms with van der Waals surface area (Å²) in [5, 5.41) is 1.12. The van der Waals surface area contributed by atoms with Crippen molar-refractivity contribution in [1.82, 2.24) is 9.55 Å². The minimum absolute atomic E-state index is 0.146. The summed E-state index contributed by atoms with van der Waals surface area (Å²) in [6.45, 7) is 3.02. The van der Waals surface area contributed by atoms with Gasteiger partial charge in [0, 0.05) is 11.8 Å². The second-order valence-corrected chi connectivity index (χ2v) is 8.25. The zero-order chi connectivity index (χ0) is 23.9. The van der Waals surface area contributed by atoms with E-state index in [1.165, 1.54) is 11.8 Å². The van der Waals surface area contributed by atoms with Crippen molar-refractivity contribution in [2.24, 2.45) is 0 Å². The molecule has 0 bridgehead atoms. The molecule has 4 aromatic rings. The van der Waals surface area contributed by atoms with Crippen molar-refractivity contribution < 1.29 is 18.9 Å². The Kier molecular flexibility index (Phi) is 7.59. The van der Waals surface area contributed by atoms with Gasteiger partial charge in [0.15, 0.2) is 16.7 Å². The van der Waals surface area contributed by atoms with Crippen molar-refractivity contribution >= 4 is 22.7 Å². The molecule has 0 atom stereocenters. The van der Waals surface area contributed by atoms with E-state index in [0.717, 1.165) is 11.5 Å². The fourth-order valence-corrected chi connectivity index (χ4v) is 4.32. The molecule has 4 rings (SSSR count). The molecule has 0 saturated carbocycles. The Bertz CT molecular complexity index is 1320. The zero-order valence-electron chi connectivity index (χ0n) is 19.3. The maximum absolute atomic E-state index is 13.4. The zero-order valence-corrected chi connectivity index (χ0v) is 20.1. The molecule has 0 amide bonds. The number of aromatic nitrogens is 2. The van der Waals surface area contributed by atoms with Crippen LogP contribution in [0, 0.1) is 0 Å². The van der Waals surface area contributed by atoms with E-state index in [1.807, 2.05) is 55.5 Å². The van der Waals surface area contributed by atoms with Crippen LogP contribution >= 0.6 is 11.8 Å². The summed E-state index contributed by atoms with van der Waals surface area (Å²) in [5.41, 5.74) is 1.16. The van der Waals surface area contributed by atoms with Crippen molar-refractivity contribution in [3.63, 3.8) is 0 Å². The molecule has 0 aliphatic heterocycles. The van der Waals surface area contributed by atoms with Gasteiger partial charge in [-0.2, -0.15) is 0 Å². The Labute approximate surface area is 202 Å². The van der Waals surface area contributed by atoms with Gasteiger partial charge in [0.1, 0.15) is 11.5 Å². The van der Waals surface area contributed by atoms with Crippen LogP contribution in [0.15, 0.2) is 76.7 Å². The van der Waals surface area contributed by atoms with Crippen LogP contribution in [0.2, 0.25) is 0 Å². The van der Waals surface area contributed by atoms with E-state index < -0.39 is 0 Å². The molecule has 0 radical (unpaired) electrons. The molecule has 1 heterocycles. The smallest absolute Gasteiger partial charge is 0.266 e. The third kappa shape index (κ3) is 5.12. The van der Waals surface area contributed by atoms with E-state index >= 15 is 0 Å². The molecular weight excluding hydrogens is 452 g/mol. The van der Waals surface area contributed by atoms with E-state index in [4.69, 9.17) is 23.9 Å². The molecule has 34 heavy (non-hydrogen) atoms. The van der Waals surface area contributed by atoms with Crippen molar-refractivity contribution in [3.05, 3.63) is 77.1 Å². The molecule has 0 N–H and O–H groups in total. The highest BCUT2D eigenvalue weighted by atomic mass is 32.2. The molecule has 3 aromatic carbocycles. The van der Waals surface area contributed by atoms with Gasteiger partial charge in [-0.1, -0.05) is 23.9 Å². The Morgan fingerprint density at radius 3 is 2.29 bits per heavy atom. The lowest BCUT2D eigenvalue weighted by molar-refractivity contribution is 0.332. The average Bonchev–Trinajstić information content (AvgIpc) is 2.87. The summed E-state index contributed by atoms with van der Waals surface area (Å²) in [5.74, 6) is 3.29. The fourth-order valence-electron chi connectivity index (χ4n) is 3.49. The fraction of sp³-hybridized carbons (Fsp3) is 0.231. The van der Waals surface area contributed by atoms with Gasteiger partial charge >= 0.3 is 0 Å². The van der Waals surface area contributed by atoms with Crippen molar-refractivity contribution in [2.75, 3.05) is 33.2 Å². The first-order valence-corrected chi connectivity index (χ1v) is 11.9. The van der Waals surface area contributed by atoms with Gasteiger partial charge in [0.25, 0.3) is 5.56 Å². The lowest BCUT2D eigenvalue weighted by Gasteiger charge is -2.15. The summed E-state index contributed by atoms with van der Waals surface area (Å²) >= 11 is 1.45. The molecule has 1 aromatic heterocycles. The Balaban J connectivity index is 1.59. The number of fused-ring (bicyclic) bond motifs is 1. The van der Waals surface area contributed by atoms with Crippen LogP contribution in [0.3, 0.4) is 0 Å². The molecule has 0 aliphatic rings. The van der Waals surface area contributed by atoms with Crippen molar-refractivity contribution in [1.29, 1.82) is 0 Å². The second-order valence-electron chi connectivity index (χ2n) is 7.19. The van der Waals surface area contributed by atoms with Crippen LogP contribution in [0.1, 0.15) is 6.92 Å². The molecule has 176 valence electrons. The number of thioether (sulfide) groups is 1. The van der Waals surface area contributed by atoms with Crippen LogP contribution in [-0.2, 0) is 0 Å². The largest absolute Gasteiger partial charge is 0.494 e. The van der Waals surface area contributed by atoms with Crippen LogP contribution in [0.5, 0.6) is 23.0 Å². The number of methoxy groups -OCH3 is 2. The number of hydrogen-bond donors (Lipinski definition) is 0. The van der Waals surface area contributed by atoms with E-state index in [-0.39, 0.29) is 5.56 Å². The minimum Gasteiger partial charge on any atom is -0.494 e. The van der Waals surface area contributed by atoms with Gasteiger partial charge in [-0.3, -0.25) is 9.36 Å². The summed E-state index contributed by atoms with van der Waals surface area (Å²) < 4.78 is 23.7. The number of nitrogens with zero attached hydrogens (tertiary/aromatic N) is 2. The standard InChI is InChI=1S/C26H26N2O5S/c1-4-32-19-10-12-20(13-11-19)33-15-16-34-26-27-22-8-6-5-7-21(22)25(29)28(26)18-9-14-23(30-2)24(17-18)31-3/h5-14,17H,4,15-16H2,1-3H3. The first-order chi connectivity index (χ1) is 16.6. The van der Waals surface area contributed by atoms with Gasteiger partial charge < -0.3 is 18.9 Å². The Hall–Kier alpha value is -3.65. The number of benzene rings is 3. The van der Waals surface area contributed by atoms with Gasteiger partial charge in [0.2, 0.25) is 0 Å². The Morgan fingerprint density at radius 1 is 0.882 bits per heavy atom. The lowest BCUT2D eigenvalue weighted by atomic mass is 10.2. The summed E-state index contributed by atoms with van der Waals surface area (Å²) in [7, 11) is 3.14. The van der Waals surface area contributed by atoms with Gasteiger partial charge in [-0.25, -0.2) is 4.98 Å². The van der Waals surface area contributed by atoms with E-state index in [1.54, 1.807) is 37.0 Å². The van der Waals surface area contributed by atoms with Crippen LogP contribution < -0.4 is 24.5 Å². The van der Waals surface area contributed by atoms with E-state index in [2.05, 4.69) is 0 Å². The van der Waals surface area contributed by atoms with Crippen LogP contribution in [0.4, 0.5) is 0 Å². The first kappa shape index (κ1) is 23.5. The molecule has 8 heteroatoms. The van der Waals surface area contributed by atoms with E-state index in [9.17, 15) is 4.79 Å². The number of hydrogen-bond acceptors (Lipinski definition) is 7. The summed E-state index contributed by atoms with van der Waals surface area (Å²) in [6, 6.07) is 20.2. The molecule has 0 aliphatic carbocycles. The predicted octanol–water partition coefficient (Wildman–Crippen LogP) is 4.97. The van der Waals surface area contributed by atoms with Crippen molar-refractivity contribution in [2.45, 2.75) is 12.1 Å². The monoisotopic (exact) mass is 478 g/mol. The molecule has 0 spiro atoms. The van der Waals surface area contributed by atoms with Gasteiger partial charge in [-0.15, -0.1) is 0 Å².